The number of aromatic nitrogens is 2. The summed E-state index contributed by atoms with van der Waals surface area (Å²) in [5, 5.41) is 14.0. The molecule has 0 saturated carbocycles. The molecule has 0 amide bonds. The molecule has 10 heteroatoms. The maximum Gasteiger partial charge on any atom is 0.320 e. The number of carbonyl (C=O) groups excluding carboxylic acids is 1. The molecule has 1 fully saturated rings. The van der Waals surface area contributed by atoms with Crippen LogP contribution in [-0.4, -0.2) is 52.5 Å². The molecule has 2 aromatic rings. The van der Waals surface area contributed by atoms with Gasteiger partial charge in [-0.2, -0.15) is 9.78 Å². The minimum Gasteiger partial charge on any atom is -0.465 e. The van der Waals surface area contributed by atoms with Crippen LogP contribution in [0.2, 0.25) is 15.3 Å². The third kappa shape index (κ3) is 6.07. The number of ether oxygens (including phenoxy) is 1. The van der Waals surface area contributed by atoms with E-state index < -0.39 is 0 Å². The van der Waals surface area contributed by atoms with Crippen LogP contribution in [0.1, 0.15) is 26.7 Å². The van der Waals surface area contributed by atoms with E-state index in [1.807, 2.05) is 6.92 Å². The molecule has 0 bridgehead atoms. The maximum absolute atomic E-state index is 11.7. The summed E-state index contributed by atoms with van der Waals surface area (Å²) < 4.78 is 6.33. The highest BCUT2D eigenvalue weighted by molar-refractivity contribution is 6.36. The van der Waals surface area contributed by atoms with Gasteiger partial charge in [0.2, 0.25) is 5.28 Å². The summed E-state index contributed by atoms with van der Waals surface area (Å²) in [5.74, 6) is 0.0475. The van der Waals surface area contributed by atoms with E-state index in [9.17, 15) is 4.79 Å². The van der Waals surface area contributed by atoms with Crippen LogP contribution in [0, 0.1) is 11.3 Å². The van der Waals surface area contributed by atoms with Crippen LogP contribution in [0.4, 0.5) is 0 Å². The average molecular weight is 485 g/mol. The number of esters is 1. The molecule has 0 spiro atoms. The monoisotopic (exact) mass is 483 g/mol. The molecule has 166 valence electrons. The Morgan fingerprint density at radius 2 is 1.97 bits per heavy atom. The van der Waals surface area contributed by atoms with E-state index in [1.54, 1.807) is 31.2 Å². The normalized spacial score (nSPS) is 15.8. The predicted molar refractivity (Wildman–Crippen MR) is 123 cm³/mol. The summed E-state index contributed by atoms with van der Waals surface area (Å²) in [7, 11) is 0. The van der Waals surface area contributed by atoms with Crippen molar-refractivity contribution in [3.8, 4) is 11.3 Å². The molecular formula is C21H24Cl3N5O2. The van der Waals surface area contributed by atoms with Crippen molar-refractivity contribution in [2.75, 3.05) is 26.2 Å². The Balaban J connectivity index is 1.73. The van der Waals surface area contributed by atoms with Crippen molar-refractivity contribution in [1.82, 2.24) is 14.6 Å². The van der Waals surface area contributed by atoms with Crippen LogP contribution >= 0.6 is 34.8 Å². The van der Waals surface area contributed by atoms with Gasteiger partial charge in [0, 0.05) is 28.3 Å². The summed E-state index contributed by atoms with van der Waals surface area (Å²) in [5.41, 5.74) is 2.09. The number of halogens is 3. The molecule has 1 saturated heterocycles. The van der Waals surface area contributed by atoms with Gasteiger partial charge in [-0.05, 0) is 69.6 Å². The third-order valence-corrected chi connectivity index (χ3v) is 5.98. The summed E-state index contributed by atoms with van der Waals surface area (Å²) in [6.45, 7) is 6.01. The lowest BCUT2D eigenvalue weighted by Crippen LogP contribution is -2.39. The Kier molecular flexibility index (Phi) is 8.11. The molecule has 1 aromatic carbocycles. The van der Waals surface area contributed by atoms with Gasteiger partial charge in [0.1, 0.15) is 0 Å². The van der Waals surface area contributed by atoms with Crippen molar-refractivity contribution in [2.24, 2.45) is 11.0 Å². The van der Waals surface area contributed by atoms with E-state index in [0.717, 1.165) is 31.6 Å². The van der Waals surface area contributed by atoms with E-state index in [1.165, 1.54) is 4.68 Å². The first-order valence-corrected chi connectivity index (χ1v) is 11.1. The zero-order valence-corrected chi connectivity index (χ0v) is 19.6. The highest BCUT2D eigenvalue weighted by atomic mass is 35.5. The van der Waals surface area contributed by atoms with Crippen LogP contribution in [-0.2, 0) is 9.53 Å². The lowest BCUT2D eigenvalue weighted by Gasteiger charge is -2.31. The smallest absolute Gasteiger partial charge is 0.320 e. The first-order chi connectivity index (χ1) is 14.8. The standard InChI is InChI=1S/C21H24Cl3N5O2/c1-3-31-20(30)12-28-8-6-14(7-9-28)13(2)27-29-19(25)11-18(26-21(29)24)16-5-4-15(22)10-17(16)23/h4-5,10-11,14,25H,3,6-9,12H2,1-2H3/b25-19?,27-13+. The van der Waals surface area contributed by atoms with E-state index in [2.05, 4.69) is 15.0 Å². The molecule has 0 atom stereocenters. The van der Waals surface area contributed by atoms with Crippen LogP contribution in [0.3, 0.4) is 0 Å². The molecule has 1 aliphatic rings. The van der Waals surface area contributed by atoms with Crippen molar-refractivity contribution in [1.29, 1.82) is 5.41 Å². The number of nitrogens with zero attached hydrogens (tertiary/aromatic N) is 4. The quantitative estimate of drug-likeness (QED) is 0.372. The van der Waals surface area contributed by atoms with E-state index in [-0.39, 0.29) is 22.7 Å². The summed E-state index contributed by atoms with van der Waals surface area (Å²) in [6.07, 6.45) is 1.73. The molecule has 2 heterocycles. The van der Waals surface area contributed by atoms with Crippen LogP contribution in [0.5, 0.6) is 0 Å². The Morgan fingerprint density at radius 3 is 2.58 bits per heavy atom. The van der Waals surface area contributed by atoms with Gasteiger partial charge in [-0.3, -0.25) is 15.1 Å². The van der Waals surface area contributed by atoms with Gasteiger partial charge in [0.25, 0.3) is 0 Å². The van der Waals surface area contributed by atoms with Crippen molar-refractivity contribution < 1.29 is 9.53 Å². The lowest BCUT2D eigenvalue weighted by atomic mass is 9.93. The van der Waals surface area contributed by atoms with Crippen molar-refractivity contribution >= 4 is 46.5 Å². The Bertz CT molecular complexity index is 1050. The molecule has 31 heavy (non-hydrogen) atoms. The minimum atomic E-state index is -0.195. The van der Waals surface area contributed by atoms with E-state index in [0.29, 0.717) is 34.5 Å². The highest BCUT2D eigenvalue weighted by Gasteiger charge is 2.23. The SMILES string of the molecule is CCOC(=O)CN1CCC(/C(C)=N/n2c(Cl)nc(-c3ccc(Cl)cc3Cl)cc2=N)CC1. The van der Waals surface area contributed by atoms with Gasteiger partial charge in [0.15, 0.2) is 5.49 Å². The molecule has 7 nitrogen and oxygen atoms in total. The molecule has 3 rings (SSSR count). The Hall–Kier alpha value is -1.93. The zero-order valence-electron chi connectivity index (χ0n) is 17.4. The minimum absolute atomic E-state index is 0.0765. The summed E-state index contributed by atoms with van der Waals surface area (Å²) >= 11 is 18.6. The summed E-state index contributed by atoms with van der Waals surface area (Å²) in [6, 6.07) is 6.64. The second kappa shape index (κ2) is 10.6. The number of hydrogen-bond donors (Lipinski definition) is 1. The van der Waals surface area contributed by atoms with Crippen molar-refractivity contribution in [2.45, 2.75) is 26.7 Å². The Labute approximate surface area is 196 Å². The fourth-order valence-corrected chi connectivity index (χ4v) is 4.26. The largest absolute Gasteiger partial charge is 0.465 e. The zero-order chi connectivity index (χ0) is 22.5. The van der Waals surface area contributed by atoms with Crippen LogP contribution in [0.15, 0.2) is 29.4 Å². The van der Waals surface area contributed by atoms with Gasteiger partial charge in [-0.1, -0.05) is 23.2 Å². The fraction of sp³-hybridized carbons (Fsp3) is 0.429. The first-order valence-electron chi connectivity index (χ1n) is 10.0. The van der Waals surface area contributed by atoms with Gasteiger partial charge in [-0.25, -0.2) is 4.98 Å². The second-order valence-electron chi connectivity index (χ2n) is 7.33. The average Bonchev–Trinajstić information content (AvgIpc) is 2.71. The molecule has 0 unspecified atom stereocenters. The van der Waals surface area contributed by atoms with Gasteiger partial charge >= 0.3 is 5.97 Å². The van der Waals surface area contributed by atoms with Gasteiger partial charge < -0.3 is 4.74 Å². The van der Waals surface area contributed by atoms with Crippen LogP contribution in [0.25, 0.3) is 11.3 Å². The van der Waals surface area contributed by atoms with Crippen LogP contribution < -0.4 is 5.49 Å². The molecule has 1 N–H and O–H groups in total. The second-order valence-corrected chi connectivity index (χ2v) is 8.51. The highest BCUT2D eigenvalue weighted by Crippen LogP contribution is 2.29. The summed E-state index contributed by atoms with van der Waals surface area (Å²) in [4.78, 5) is 18.1. The number of piperidine rings is 1. The predicted octanol–water partition coefficient (Wildman–Crippen LogP) is 4.49. The Morgan fingerprint density at radius 1 is 1.26 bits per heavy atom. The van der Waals surface area contributed by atoms with Crippen molar-refractivity contribution in [3.05, 3.63) is 45.1 Å². The number of rotatable bonds is 6. The van der Waals surface area contributed by atoms with Gasteiger partial charge in [0.05, 0.1) is 23.9 Å². The fourth-order valence-electron chi connectivity index (χ4n) is 3.54. The maximum atomic E-state index is 11.7. The number of hydrogen-bond acceptors (Lipinski definition) is 6. The number of nitrogens with one attached hydrogen (secondary N) is 1. The third-order valence-electron chi connectivity index (χ3n) is 5.19. The van der Waals surface area contributed by atoms with Crippen molar-refractivity contribution in [3.63, 3.8) is 0 Å². The molecular weight excluding hydrogens is 461 g/mol. The van der Waals surface area contributed by atoms with Gasteiger partial charge in [-0.15, -0.1) is 0 Å². The first kappa shape index (κ1) is 23.7. The number of benzene rings is 1. The van der Waals surface area contributed by atoms with E-state index >= 15 is 0 Å². The van der Waals surface area contributed by atoms with E-state index in [4.69, 9.17) is 44.9 Å². The number of likely N-dealkylation sites (tertiary alicyclic amines) is 1. The molecule has 1 aromatic heterocycles. The lowest BCUT2D eigenvalue weighted by molar-refractivity contribution is -0.144. The molecule has 0 aliphatic carbocycles. The molecule has 0 radical (unpaired) electrons. The topological polar surface area (TPSA) is 83.6 Å². The number of carbonyl (C=O) groups is 1. The molecule has 1 aliphatic heterocycles.